The molecular weight excluding hydrogens is 372 g/mol. The number of pyridine rings is 1. The molecule has 0 spiro atoms. The van der Waals surface area contributed by atoms with Gasteiger partial charge in [0, 0.05) is 63.9 Å². The van der Waals surface area contributed by atoms with E-state index in [1.807, 2.05) is 30.9 Å². The fourth-order valence-electron chi connectivity index (χ4n) is 3.74. The summed E-state index contributed by atoms with van der Waals surface area (Å²) in [6.45, 7) is 7.24. The zero-order valence-corrected chi connectivity index (χ0v) is 17.0. The Kier molecular flexibility index (Phi) is 5.21. The van der Waals surface area contributed by atoms with Crippen molar-refractivity contribution in [3.63, 3.8) is 0 Å². The summed E-state index contributed by atoms with van der Waals surface area (Å²) in [5.74, 6) is 2.13. The quantitative estimate of drug-likeness (QED) is 0.768. The number of carbonyl (C=O) groups is 2. The van der Waals surface area contributed by atoms with Crippen LogP contribution >= 0.6 is 0 Å². The van der Waals surface area contributed by atoms with Gasteiger partial charge in [0.05, 0.1) is 5.92 Å². The van der Waals surface area contributed by atoms with Gasteiger partial charge in [-0.2, -0.15) is 4.98 Å². The minimum Gasteiger partial charge on any atom is -0.353 e. The maximum Gasteiger partial charge on any atom is 0.229 e. The summed E-state index contributed by atoms with van der Waals surface area (Å²) in [5, 5.41) is 4.02. The standard InChI is InChI=1S/C20H26N6O3/c1-13(2)19-22-18(23-29-19)14-4-5-16(21-11-14)25-6-8-26(9-7-25)20(28)15-10-17(27)24(3)12-15/h4-5,11,13,15H,6-10,12H2,1-3H3. The van der Waals surface area contributed by atoms with E-state index in [1.54, 1.807) is 18.1 Å². The van der Waals surface area contributed by atoms with Gasteiger partial charge >= 0.3 is 0 Å². The molecule has 2 aliphatic rings. The van der Waals surface area contributed by atoms with Crippen LogP contribution in [0.4, 0.5) is 5.82 Å². The van der Waals surface area contributed by atoms with Crippen LogP contribution in [0.25, 0.3) is 11.4 Å². The highest BCUT2D eigenvalue weighted by Crippen LogP contribution is 2.23. The molecule has 4 rings (SSSR count). The molecule has 0 bridgehead atoms. The number of hydrogen-bond acceptors (Lipinski definition) is 7. The number of anilines is 1. The van der Waals surface area contributed by atoms with Gasteiger partial charge in [-0.25, -0.2) is 4.98 Å². The van der Waals surface area contributed by atoms with E-state index in [4.69, 9.17) is 4.52 Å². The van der Waals surface area contributed by atoms with Crippen LogP contribution in [-0.2, 0) is 9.59 Å². The number of rotatable bonds is 4. The molecule has 2 saturated heterocycles. The molecule has 154 valence electrons. The lowest BCUT2D eigenvalue weighted by atomic mass is 10.1. The van der Waals surface area contributed by atoms with Crippen LogP contribution < -0.4 is 4.90 Å². The van der Waals surface area contributed by atoms with Crippen LogP contribution in [-0.4, -0.2) is 76.5 Å². The van der Waals surface area contributed by atoms with Gasteiger partial charge in [0.2, 0.25) is 23.5 Å². The van der Waals surface area contributed by atoms with Crippen molar-refractivity contribution in [3.8, 4) is 11.4 Å². The summed E-state index contributed by atoms with van der Waals surface area (Å²) in [5.41, 5.74) is 0.813. The molecule has 2 aliphatic heterocycles. The third-order valence-electron chi connectivity index (χ3n) is 5.55. The summed E-state index contributed by atoms with van der Waals surface area (Å²) >= 11 is 0. The van der Waals surface area contributed by atoms with Crippen molar-refractivity contribution in [1.29, 1.82) is 0 Å². The molecule has 0 radical (unpaired) electrons. The first-order valence-corrected chi connectivity index (χ1v) is 10.00. The second-order valence-corrected chi connectivity index (χ2v) is 8.00. The van der Waals surface area contributed by atoms with Crippen molar-refractivity contribution in [2.24, 2.45) is 5.92 Å². The van der Waals surface area contributed by atoms with E-state index in [1.165, 1.54) is 0 Å². The minimum atomic E-state index is -0.206. The summed E-state index contributed by atoms with van der Waals surface area (Å²) in [6.07, 6.45) is 2.08. The smallest absolute Gasteiger partial charge is 0.229 e. The van der Waals surface area contributed by atoms with E-state index in [2.05, 4.69) is 20.0 Å². The Bertz CT molecular complexity index is 886. The molecule has 9 heteroatoms. The van der Waals surface area contributed by atoms with Crippen molar-refractivity contribution in [1.82, 2.24) is 24.9 Å². The van der Waals surface area contributed by atoms with Gasteiger partial charge in [0.15, 0.2) is 0 Å². The van der Waals surface area contributed by atoms with Gasteiger partial charge in [-0.05, 0) is 12.1 Å². The van der Waals surface area contributed by atoms with E-state index in [9.17, 15) is 9.59 Å². The molecule has 0 aromatic carbocycles. The first-order valence-electron chi connectivity index (χ1n) is 10.00. The molecule has 2 aromatic rings. The first-order chi connectivity index (χ1) is 13.9. The summed E-state index contributed by atoms with van der Waals surface area (Å²) in [7, 11) is 1.75. The van der Waals surface area contributed by atoms with Gasteiger partial charge in [-0.1, -0.05) is 19.0 Å². The average Bonchev–Trinajstić information content (AvgIpc) is 3.35. The van der Waals surface area contributed by atoms with E-state index in [0.29, 0.717) is 50.9 Å². The molecule has 0 aliphatic carbocycles. The van der Waals surface area contributed by atoms with E-state index >= 15 is 0 Å². The van der Waals surface area contributed by atoms with Crippen molar-refractivity contribution in [2.45, 2.75) is 26.2 Å². The highest BCUT2D eigenvalue weighted by atomic mass is 16.5. The number of hydrogen-bond donors (Lipinski definition) is 0. The molecule has 2 aromatic heterocycles. The molecule has 2 amide bonds. The van der Waals surface area contributed by atoms with Crippen LogP contribution in [0.3, 0.4) is 0 Å². The Morgan fingerprint density at radius 1 is 1.21 bits per heavy atom. The molecule has 2 fully saturated rings. The van der Waals surface area contributed by atoms with Crippen LogP contribution in [0, 0.1) is 5.92 Å². The average molecular weight is 398 g/mol. The van der Waals surface area contributed by atoms with Crippen LogP contribution in [0.2, 0.25) is 0 Å². The highest BCUT2D eigenvalue weighted by molar-refractivity contribution is 5.89. The topological polar surface area (TPSA) is 95.7 Å². The Labute approximate surface area is 169 Å². The summed E-state index contributed by atoms with van der Waals surface area (Å²) in [4.78, 5) is 39.0. The van der Waals surface area contributed by atoms with Gasteiger partial charge in [-0.3, -0.25) is 9.59 Å². The van der Waals surface area contributed by atoms with Crippen molar-refractivity contribution >= 4 is 17.6 Å². The number of carbonyl (C=O) groups excluding carboxylic acids is 2. The van der Waals surface area contributed by atoms with Crippen molar-refractivity contribution in [2.75, 3.05) is 44.7 Å². The largest absolute Gasteiger partial charge is 0.353 e. The van der Waals surface area contributed by atoms with Gasteiger partial charge in [0.25, 0.3) is 0 Å². The molecule has 0 N–H and O–H groups in total. The highest BCUT2D eigenvalue weighted by Gasteiger charge is 2.35. The van der Waals surface area contributed by atoms with E-state index < -0.39 is 0 Å². The fraction of sp³-hybridized carbons (Fsp3) is 0.550. The Hall–Kier alpha value is -2.97. The molecule has 1 unspecified atom stereocenters. The number of likely N-dealkylation sites (tertiary alicyclic amines) is 1. The normalized spacial score (nSPS) is 20.1. The first kappa shape index (κ1) is 19.4. The van der Waals surface area contributed by atoms with Crippen molar-refractivity contribution in [3.05, 3.63) is 24.2 Å². The molecule has 29 heavy (non-hydrogen) atoms. The lowest BCUT2D eigenvalue weighted by Crippen LogP contribution is -2.50. The lowest BCUT2D eigenvalue weighted by molar-refractivity contribution is -0.136. The van der Waals surface area contributed by atoms with Gasteiger partial charge < -0.3 is 19.2 Å². The number of nitrogens with zero attached hydrogens (tertiary/aromatic N) is 6. The molecule has 4 heterocycles. The van der Waals surface area contributed by atoms with Gasteiger partial charge in [-0.15, -0.1) is 0 Å². The van der Waals surface area contributed by atoms with Crippen LogP contribution in [0.15, 0.2) is 22.9 Å². The van der Waals surface area contributed by atoms with Crippen molar-refractivity contribution < 1.29 is 14.1 Å². The third kappa shape index (κ3) is 3.94. The Morgan fingerprint density at radius 2 is 1.97 bits per heavy atom. The fourth-order valence-corrected chi connectivity index (χ4v) is 3.74. The lowest BCUT2D eigenvalue weighted by Gasteiger charge is -2.36. The maximum absolute atomic E-state index is 12.7. The monoisotopic (exact) mass is 398 g/mol. The zero-order valence-electron chi connectivity index (χ0n) is 17.0. The van der Waals surface area contributed by atoms with Crippen LogP contribution in [0.5, 0.6) is 0 Å². The number of aromatic nitrogens is 3. The predicted molar refractivity (Wildman–Crippen MR) is 106 cm³/mol. The maximum atomic E-state index is 12.7. The second-order valence-electron chi connectivity index (χ2n) is 8.00. The second kappa shape index (κ2) is 7.81. The SMILES string of the molecule is CC(C)c1nc(-c2ccc(N3CCN(C(=O)C4CC(=O)N(C)C4)CC3)nc2)no1. The molecule has 1 atom stereocenters. The van der Waals surface area contributed by atoms with E-state index in [-0.39, 0.29) is 23.7 Å². The van der Waals surface area contributed by atoms with Crippen LogP contribution in [0.1, 0.15) is 32.1 Å². The molecular formula is C20H26N6O3. The molecule has 9 nitrogen and oxygen atoms in total. The van der Waals surface area contributed by atoms with E-state index in [0.717, 1.165) is 11.4 Å². The predicted octanol–water partition coefficient (Wildman–Crippen LogP) is 1.38. The summed E-state index contributed by atoms with van der Waals surface area (Å²) < 4.78 is 5.26. The number of amides is 2. The molecule has 0 saturated carbocycles. The zero-order chi connectivity index (χ0) is 20.5. The summed E-state index contributed by atoms with van der Waals surface area (Å²) in [6, 6.07) is 3.89. The number of piperazine rings is 1. The van der Waals surface area contributed by atoms with Gasteiger partial charge in [0.1, 0.15) is 5.82 Å². The Balaban J connectivity index is 1.35. The third-order valence-corrected chi connectivity index (χ3v) is 5.55. The minimum absolute atomic E-state index is 0.0494. The Morgan fingerprint density at radius 3 is 2.52 bits per heavy atom.